The molecule has 10 heavy (non-hydrogen) atoms. The number of rotatable bonds is 5. The molecular formula is C9H19N. The Morgan fingerprint density at radius 2 is 2.00 bits per heavy atom. The van der Waals surface area contributed by atoms with Gasteiger partial charge in [-0.2, -0.15) is 0 Å². The third-order valence-corrected chi connectivity index (χ3v) is 2.33. The first kappa shape index (κ1) is 8.06. The van der Waals surface area contributed by atoms with Gasteiger partial charge in [0.05, 0.1) is 0 Å². The Bertz CT molecular complexity index is 86.7. The molecule has 1 heterocycles. The van der Waals surface area contributed by atoms with Gasteiger partial charge in [0, 0.05) is 19.6 Å². The van der Waals surface area contributed by atoms with Crippen molar-refractivity contribution in [2.75, 3.05) is 19.6 Å². The van der Waals surface area contributed by atoms with Gasteiger partial charge in [-0.15, -0.1) is 0 Å². The summed E-state index contributed by atoms with van der Waals surface area (Å²) in [5, 5.41) is 0. The molecule has 0 N–H and O–H groups in total. The summed E-state index contributed by atoms with van der Waals surface area (Å²) in [4.78, 5) is 2.53. The molecule has 1 atom stereocenters. The molecule has 0 aliphatic carbocycles. The van der Waals surface area contributed by atoms with E-state index in [1.54, 1.807) is 0 Å². The molecule has 0 saturated carbocycles. The van der Waals surface area contributed by atoms with E-state index in [0.29, 0.717) is 0 Å². The molecule has 0 aromatic rings. The molecule has 1 unspecified atom stereocenters. The first-order chi connectivity index (χ1) is 4.86. The van der Waals surface area contributed by atoms with E-state index in [9.17, 15) is 0 Å². The van der Waals surface area contributed by atoms with Crippen LogP contribution in [0.2, 0.25) is 0 Å². The van der Waals surface area contributed by atoms with Crippen LogP contribution in [0.3, 0.4) is 0 Å². The summed E-state index contributed by atoms with van der Waals surface area (Å²) in [6.07, 6.45) is 4.14. The maximum Gasteiger partial charge on any atom is 0.0110 e. The third-order valence-electron chi connectivity index (χ3n) is 2.33. The summed E-state index contributed by atoms with van der Waals surface area (Å²) in [7, 11) is 0. The van der Waals surface area contributed by atoms with Crippen molar-refractivity contribution in [3.63, 3.8) is 0 Å². The van der Waals surface area contributed by atoms with Gasteiger partial charge in [-0.25, -0.2) is 0 Å². The van der Waals surface area contributed by atoms with Gasteiger partial charge in [-0.05, 0) is 12.3 Å². The third kappa shape index (κ3) is 2.70. The van der Waals surface area contributed by atoms with Crippen molar-refractivity contribution in [1.29, 1.82) is 0 Å². The van der Waals surface area contributed by atoms with Crippen molar-refractivity contribution in [3.8, 4) is 0 Å². The average Bonchev–Trinajstić information content (AvgIpc) is 2.71. The Hall–Kier alpha value is -0.0400. The summed E-state index contributed by atoms with van der Waals surface area (Å²) in [6, 6.07) is 0. The van der Waals surface area contributed by atoms with Gasteiger partial charge in [-0.1, -0.05) is 26.7 Å². The second kappa shape index (κ2) is 3.97. The molecule has 1 saturated heterocycles. The summed E-state index contributed by atoms with van der Waals surface area (Å²) in [5.41, 5.74) is 0. The highest BCUT2D eigenvalue weighted by atomic mass is 15.3. The van der Waals surface area contributed by atoms with Crippen molar-refractivity contribution in [3.05, 3.63) is 0 Å². The SMILES string of the molecule is CCCC(CC)CN1CC1. The summed E-state index contributed by atoms with van der Waals surface area (Å²) in [6.45, 7) is 8.68. The quantitative estimate of drug-likeness (QED) is 0.530. The lowest BCUT2D eigenvalue weighted by atomic mass is 10.0. The van der Waals surface area contributed by atoms with Crippen molar-refractivity contribution in [1.82, 2.24) is 4.90 Å². The molecule has 60 valence electrons. The van der Waals surface area contributed by atoms with Gasteiger partial charge in [0.15, 0.2) is 0 Å². The molecule has 0 spiro atoms. The molecule has 1 heteroatoms. The normalized spacial score (nSPS) is 21.0. The molecular weight excluding hydrogens is 122 g/mol. The molecule has 0 bridgehead atoms. The van der Waals surface area contributed by atoms with E-state index in [0.717, 1.165) is 5.92 Å². The predicted octanol–water partition coefficient (Wildman–Crippen LogP) is 2.13. The lowest BCUT2D eigenvalue weighted by molar-refractivity contribution is 0.372. The molecule has 0 aromatic heterocycles. The van der Waals surface area contributed by atoms with Crippen LogP contribution in [0.1, 0.15) is 33.1 Å². The number of nitrogens with zero attached hydrogens (tertiary/aromatic N) is 1. The van der Waals surface area contributed by atoms with Gasteiger partial charge in [0.25, 0.3) is 0 Å². The van der Waals surface area contributed by atoms with Crippen LogP contribution in [0.25, 0.3) is 0 Å². The minimum Gasteiger partial charge on any atom is -0.301 e. The van der Waals surface area contributed by atoms with Crippen LogP contribution in [0.15, 0.2) is 0 Å². The van der Waals surface area contributed by atoms with Crippen LogP contribution in [-0.4, -0.2) is 24.5 Å². The summed E-state index contributed by atoms with van der Waals surface area (Å²) >= 11 is 0. The van der Waals surface area contributed by atoms with Gasteiger partial charge in [0.2, 0.25) is 0 Å². The lowest BCUT2D eigenvalue weighted by Gasteiger charge is -2.13. The monoisotopic (exact) mass is 141 g/mol. The van der Waals surface area contributed by atoms with Crippen molar-refractivity contribution < 1.29 is 0 Å². The van der Waals surface area contributed by atoms with Crippen molar-refractivity contribution in [2.24, 2.45) is 5.92 Å². The molecule has 0 aromatic carbocycles. The molecule has 1 aliphatic rings. The topological polar surface area (TPSA) is 3.01 Å². The fourth-order valence-corrected chi connectivity index (χ4v) is 1.45. The fraction of sp³-hybridized carbons (Fsp3) is 1.00. The van der Waals surface area contributed by atoms with Crippen LogP contribution < -0.4 is 0 Å². The largest absolute Gasteiger partial charge is 0.301 e. The number of hydrogen-bond donors (Lipinski definition) is 0. The van der Waals surface area contributed by atoms with E-state index in [1.165, 1.54) is 38.9 Å². The maximum absolute atomic E-state index is 2.53. The minimum atomic E-state index is 0.979. The van der Waals surface area contributed by atoms with Crippen molar-refractivity contribution >= 4 is 0 Å². The Morgan fingerprint density at radius 1 is 1.30 bits per heavy atom. The summed E-state index contributed by atoms with van der Waals surface area (Å²) < 4.78 is 0. The van der Waals surface area contributed by atoms with E-state index in [4.69, 9.17) is 0 Å². The molecule has 1 fully saturated rings. The molecule has 1 rings (SSSR count). The van der Waals surface area contributed by atoms with Crippen LogP contribution in [0.4, 0.5) is 0 Å². The van der Waals surface area contributed by atoms with E-state index in [1.807, 2.05) is 0 Å². The van der Waals surface area contributed by atoms with Gasteiger partial charge in [-0.3, -0.25) is 0 Å². The van der Waals surface area contributed by atoms with Gasteiger partial charge >= 0.3 is 0 Å². The smallest absolute Gasteiger partial charge is 0.0110 e. The molecule has 0 radical (unpaired) electrons. The Kier molecular flexibility index (Phi) is 3.20. The Balaban J connectivity index is 2.05. The second-order valence-corrected chi connectivity index (χ2v) is 3.36. The van der Waals surface area contributed by atoms with E-state index < -0.39 is 0 Å². The lowest BCUT2D eigenvalue weighted by Crippen LogP contribution is -2.12. The molecule has 1 nitrogen and oxygen atoms in total. The van der Waals surface area contributed by atoms with E-state index >= 15 is 0 Å². The van der Waals surface area contributed by atoms with E-state index in [2.05, 4.69) is 18.7 Å². The average molecular weight is 141 g/mol. The summed E-state index contributed by atoms with van der Waals surface area (Å²) in [5.74, 6) is 0.979. The zero-order chi connectivity index (χ0) is 7.40. The van der Waals surface area contributed by atoms with Crippen LogP contribution in [-0.2, 0) is 0 Å². The predicted molar refractivity (Wildman–Crippen MR) is 45.1 cm³/mol. The highest BCUT2D eigenvalue weighted by Gasteiger charge is 2.20. The second-order valence-electron chi connectivity index (χ2n) is 3.36. The Labute approximate surface area is 64.4 Å². The van der Waals surface area contributed by atoms with Crippen LogP contribution >= 0.6 is 0 Å². The van der Waals surface area contributed by atoms with Gasteiger partial charge < -0.3 is 4.90 Å². The molecule has 0 amide bonds. The highest BCUT2D eigenvalue weighted by molar-refractivity contribution is 4.75. The highest BCUT2D eigenvalue weighted by Crippen LogP contribution is 2.16. The minimum absolute atomic E-state index is 0.979. The van der Waals surface area contributed by atoms with Gasteiger partial charge in [0.1, 0.15) is 0 Å². The molecule has 1 aliphatic heterocycles. The van der Waals surface area contributed by atoms with Crippen LogP contribution in [0.5, 0.6) is 0 Å². The standard InChI is InChI=1S/C9H19N/c1-3-5-9(4-2)8-10-6-7-10/h9H,3-8H2,1-2H3. The van der Waals surface area contributed by atoms with Crippen molar-refractivity contribution in [2.45, 2.75) is 33.1 Å². The fourth-order valence-electron chi connectivity index (χ4n) is 1.45. The maximum atomic E-state index is 2.53. The van der Waals surface area contributed by atoms with E-state index in [-0.39, 0.29) is 0 Å². The van der Waals surface area contributed by atoms with Crippen LogP contribution in [0, 0.1) is 5.92 Å². The number of hydrogen-bond acceptors (Lipinski definition) is 1. The first-order valence-corrected chi connectivity index (χ1v) is 4.59. The zero-order valence-corrected chi connectivity index (χ0v) is 7.27. The first-order valence-electron chi connectivity index (χ1n) is 4.59. The Morgan fingerprint density at radius 3 is 2.40 bits per heavy atom. The zero-order valence-electron chi connectivity index (χ0n) is 7.27.